The second kappa shape index (κ2) is 4.58. The third-order valence-corrected chi connectivity index (χ3v) is 3.43. The minimum absolute atomic E-state index is 0.417. The average molecular weight is 253 g/mol. The Morgan fingerprint density at radius 1 is 1.29 bits per heavy atom. The number of rotatable bonds is 2. The quantitative estimate of drug-likeness (QED) is 0.766. The molecule has 0 bridgehead atoms. The Morgan fingerprint density at radius 3 is 2.94 bits per heavy atom. The van der Waals surface area contributed by atoms with E-state index in [1.807, 2.05) is 0 Å². The van der Waals surface area contributed by atoms with Crippen LogP contribution >= 0.6 is 11.6 Å². The molecule has 2 aromatic rings. The molecule has 0 spiro atoms. The highest BCUT2D eigenvalue weighted by Crippen LogP contribution is 2.21. The normalized spacial score (nSPS) is 17.7. The SMILES string of the molecule is Clc1ncnc2c1ncn2CC1CCOCC1. The molecular formula is C11H13ClN4O. The number of nitrogens with zero attached hydrogens (tertiary/aromatic N) is 4. The Bertz CT molecular complexity index is 521. The second-order valence-corrected chi connectivity index (χ2v) is 4.65. The van der Waals surface area contributed by atoms with E-state index in [2.05, 4.69) is 19.5 Å². The molecule has 17 heavy (non-hydrogen) atoms. The van der Waals surface area contributed by atoms with E-state index in [9.17, 15) is 0 Å². The molecule has 0 radical (unpaired) electrons. The maximum absolute atomic E-state index is 5.97. The zero-order valence-corrected chi connectivity index (χ0v) is 10.1. The average Bonchev–Trinajstić information content (AvgIpc) is 2.76. The van der Waals surface area contributed by atoms with Crippen molar-refractivity contribution in [3.05, 3.63) is 17.8 Å². The minimum atomic E-state index is 0.417. The maximum atomic E-state index is 5.97. The van der Waals surface area contributed by atoms with Crippen LogP contribution in [0.3, 0.4) is 0 Å². The van der Waals surface area contributed by atoms with Gasteiger partial charge in [-0.25, -0.2) is 15.0 Å². The Hall–Kier alpha value is -1.20. The van der Waals surface area contributed by atoms with Crippen molar-refractivity contribution in [1.82, 2.24) is 19.5 Å². The Balaban J connectivity index is 1.87. The highest BCUT2D eigenvalue weighted by atomic mass is 35.5. The van der Waals surface area contributed by atoms with Crippen molar-refractivity contribution in [3.8, 4) is 0 Å². The molecule has 1 fully saturated rings. The molecule has 0 aromatic carbocycles. The van der Waals surface area contributed by atoms with Crippen molar-refractivity contribution in [2.75, 3.05) is 13.2 Å². The van der Waals surface area contributed by atoms with Crippen molar-refractivity contribution in [2.45, 2.75) is 19.4 Å². The Morgan fingerprint density at radius 2 is 2.12 bits per heavy atom. The van der Waals surface area contributed by atoms with Crippen molar-refractivity contribution >= 4 is 22.8 Å². The standard InChI is InChI=1S/C11H13ClN4O/c12-10-9-11(14-6-13-10)16(7-15-9)5-8-1-3-17-4-2-8/h6-8H,1-5H2. The van der Waals surface area contributed by atoms with Crippen LogP contribution in [-0.2, 0) is 11.3 Å². The van der Waals surface area contributed by atoms with Crippen LogP contribution in [0.25, 0.3) is 11.2 Å². The number of hydrogen-bond acceptors (Lipinski definition) is 4. The summed E-state index contributed by atoms with van der Waals surface area (Å²) in [6, 6.07) is 0. The van der Waals surface area contributed by atoms with Gasteiger partial charge in [0, 0.05) is 19.8 Å². The van der Waals surface area contributed by atoms with E-state index < -0.39 is 0 Å². The molecule has 1 aliphatic rings. The zero-order valence-electron chi connectivity index (χ0n) is 9.34. The summed E-state index contributed by atoms with van der Waals surface area (Å²) in [6.45, 7) is 2.63. The topological polar surface area (TPSA) is 52.8 Å². The van der Waals surface area contributed by atoms with Crippen molar-refractivity contribution in [3.63, 3.8) is 0 Å². The van der Waals surface area contributed by atoms with Crippen LogP contribution in [0.4, 0.5) is 0 Å². The zero-order chi connectivity index (χ0) is 11.7. The summed E-state index contributed by atoms with van der Waals surface area (Å²) in [6.07, 6.45) is 5.46. The number of aromatic nitrogens is 4. The molecule has 0 atom stereocenters. The van der Waals surface area contributed by atoms with Crippen LogP contribution in [0.2, 0.25) is 5.15 Å². The lowest BCUT2D eigenvalue weighted by Crippen LogP contribution is -2.20. The van der Waals surface area contributed by atoms with Gasteiger partial charge < -0.3 is 9.30 Å². The molecule has 0 N–H and O–H groups in total. The van der Waals surface area contributed by atoms with Gasteiger partial charge in [0.05, 0.1) is 6.33 Å². The third-order valence-electron chi connectivity index (χ3n) is 3.15. The van der Waals surface area contributed by atoms with E-state index in [0.717, 1.165) is 38.2 Å². The van der Waals surface area contributed by atoms with E-state index in [1.165, 1.54) is 6.33 Å². The molecule has 0 amide bonds. The first-order valence-corrected chi connectivity index (χ1v) is 6.11. The van der Waals surface area contributed by atoms with E-state index >= 15 is 0 Å². The summed E-state index contributed by atoms with van der Waals surface area (Å²) >= 11 is 5.97. The van der Waals surface area contributed by atoms with Gasteiger partial charge in [-0.1, -0.05) is 11.6 Å². The van der Waals surface area contributed by atoms with E-state index in [-0.39, 0.29) is 0 Å². The first kappa shape index (κ1) is 10.9. The van der Waals surface area contributed by atoms with Crippen molar-refractivity contribution < 1.29 is 4.74 Å². The molecular weight excluding hydrogens is 240 g/mol. The highest BCUT2D eigenvalue weighted by Gasteiger charge is 2.16. The predicted molar refractivity (Wildman–Crippen MR) is 63.9 cm³/mol. The fourth-order valence-electron chi connectivity index (χ4n) is 2.19. The van der Waals surface area contributed by atoms with Gasteiger partial charge in [0.25, 0.3) is 0 Å². The molecule has 0 aliphatic carbocycles. The third kappa shape index (κ3) is 2.12. The molecule has 0 saturated carbocycles. The number of ether oxygens (including phenoxy) is 1. The number of imidazole rings is 1. The van der Waals surface area contributed by atoms with Crippen molar-refractivity contribution in [2.24, 2.45) is 5.92 Å². The number of fused-ring (bicyclic) bond motifs is 1. The van der Waals surface area contributed by atoms with Crippen LogP contribution in [0, 0.1) is 5.92 Å². The maximum Gasteiger partial charge on any atom is 0.164 e. The van der Waals surface area contributed by atoms with Gasteiger partial charge in [-0.05, 0) is 18.8 Å². The van der Waals surface area contributed by atoms with Gasteiger partial charge >= 0.3 is 0 Å². The molecule has 1 saturated heterocycles. The first-order chi connectivity index (χ1) is 8.34. The molecule has 2 aromatic heterocycles. The predicted octanol–water partition coefficient (Wildman–Crippen LogP) is 1.91. The van der Waals surface area contributed by atoms with Crippen LogP contribution < -0.4 is 0 Å². The van der Waals surface area contributed by atoms with Gasteiger partial charge in [0.15, 0.2) is 10.8 Å². The van der Waals surface area contributed by atoms with Crippen LogP contribution in [0.1, 0.15) is 12.8 Å². The summed E-state index contributed by atoms with van der Waals surface area (Å²) in [7, 11) is 0. The lowest BCUT2D eigenvalue weighted by Gasteiger charge is -2.22. The van der Waals surface area contributed by atoms with Gasteiger partial charge in [-0.15, -0.1) is 0 Å². The highest BCUT2D eigenvalue weighted by molar-refractivity contribution is 6.33. The summed E-state index contributed by atoms with van der Waals surface area (Å²) in [5.41, 5.74) is 1.50. The minimum Gasteiger partial charge on any atom is -0.381 e. The van der Waals surface area contributed by atoms with E-state index in [0.29, 0.717) is 16.6 Å². The largest absolute Gasteiger partial charge is 0.381 e. The Labute approximate surface area is 104 Å². The monoisotopic (exact) mass is 252 g/mol. The lowest BCUT2D eigenvalue weighted by atomic mass is 10.0. The molecule has 3 heterocycles. The van der Waals surface area contributed by atoms with Crippen LogP contribution in [0.15, 0.2) is 12.7 Å². The van der Waals surface area contributed by atoms with Crippen molar-refractivity contribution in [1.29, 1.82) is 0 Å². The molecule has 0 unspecified atom stereocenters. The summed E-state index contributed by atoms with van der Waals surface area (Å²) in [5.74, 6) is 0.634. The summed E-state index contributed by atoms with van der Waals surface area (Å²) < 4.78 is 7.41. The summed E-state index contributed by atoms with van der Waals surface area (Å²) in [4.78, 5) is 12.4. The molecule has 6 heteroatoms. The van der Waals surface area contributed by atoms with Gasteiger partial charge in [0.2, 0.25) is 0 Å². The number of halogens is 1. The molecule has 1 aliphatic heterocycles. The fourth-order valence-corrected chi connectivity index (χ4v) is 2.37. The Kier molecular flexibility index (Phi) is 2.94. The number of hydrogen-bond donors (Lipinski definition) is 0. The molecule has 5 nitrogen and oxygen atoms in total. The molecule has 90 valence electrons. The van der Waals surface area contributed by atoms with Crippen LogP contribution in [0.5, 0.6) is 0 Å². The summed E-state index contributed by atoms with van der Waals surface area (Å²) in [5, 5.41) is 0.417. The second-order valence-electron chi connectivity index (χ2n) is 4.29. The van der Waals surface area contributed by atoms with Crippen LogP contribution in [-0.4, -0.2) is 32.7 Å². The molecule has 3 rings (SSSR count). The fraction of sp³-hybridized carbons (Fsp3) is 0.545. The van der Waals surface area contributed by atoms with Gasteiger partial charge in [-0.2, -0.15) is 0 Å². The first-order valence-electron chi connectivity index (χ1n) is 5.73. The lowest BCUT2D eigenvalue weighted by molar-refractivity contribution is 0.0615. The van der Waals surface area contributed by atoms with Gasteiger partial charge in [0.1, 0.15) is 11.8 Å². The smallest absolute Gasteiger partial charge is 0.164 e. The van der Waals surface area contributed by atoms with Gasteiger partial charge in [-0.3, -0.25) is 0 Å². The van der Waals surface area contributed by atoms with E-state index in [4.69, 9.17) is 16.3 Å². The van der Waals surface area contributed by atoms with E-state index in [1.54, 1.807) is 6.33 Å².